The SMILES string of the molecule is Cn1c(=O)n([C@H]2CCC(=O)NC2=O)c2ccc(N3CCN(C(=O)OC(C)(C)C)CC3)cc21. The van der Waals surface area contributed by atoms with Crippen LogP contribution in [0.3, 0.4) is 0 Å². The molecular weight excluding hydrogens is 414 g/mol. The van der Waals surface area contributed by atoms with E-state index < -0.39 is 17.6 Å². The molecule has 4 rings (SSSR count). The zero-order chi connectivity index (χ0) is 23.2. The van der Waals surface area contributed by atoms with Crippen molar-refractivity contribution in [3.05, 3.63) is 28.7 Å². The number of fused-ring (bicyclic) bond motifs is 1. The van der Waals surface area contributed by atoms with Crippen LogP contribution < -0.4 is 15.9 Å². The van der Waals surface area contributed by atoms with Crippen LogP contribution in [0, 0.1) is 0 Å². The molecule has 1 N–H and O–H groups in total. The number of piperidine rings is 1. The predicted molar refractivity (Wildman–Crippen MR) is 119 cm³/mol. The van der Waals surface area contributed by atoms with Crippen molar-refractivity contribution in [2.75, 3.05) is 31.1 Å². The van der Waals surface area contributed by atoms with Gasteiger partial charge < -0.3 is 14.5 Å². The van der Waals surface area contributed by atoms with Gasteiger partial charge in [0, 0.05) is 45.3 Å². The minimum Gasteiger partial charge on any atom is -0.444 e. The van der Waals surface area contributed by atoms with Crippen molar-refractivity contribution in [2.45, 2.75) is 45.3 Å². The van der Waals surface area contributed by atoms with Crippen LogP contribution in [-0.2, 0) is 21.4 Å². The first-order chi connectivity index (χ1) is 15.0. The highest BCUT2D eigenvalue weighted by atomic mass is 16.6. The van der Waals surface area contributed by atoms with Crippen LogP contribution in [0.4, 0.5) is 10.5 Å². The average molecular weight is 444 g/mol. The summed E-state index contributed by atoms with van der Waals surface area (Å²) in [5, 5.41) is 2.32. The number of ether oxygens (including phenoxy) is 1. The summed E-state index contributed by atoms with van der Waals surface area (Å²) in [7, 11) is 1.68. The van der Waals surface area contributed by atoms with Gasteiger partial charge in [-0.05, 0) is 45.4 Å². The molecular formula is C22H29N5O5. The molecule has 2 fully saturated rings. The van der Waals surface area contributed by atoms with Gasteiger partial charge in [-0.1, -0.05) is 0 Å². The maximum absolute atomic E-state index is 12.9. The summed E-state index contributed by atoms with van der Waals surface area (Å²) in [6.07, 6.45) is 0.202. The van der Waals surface area contributed by atoms with E-state index in [4.69, 9.17) is 4.74 Å². The van der Waals surface area contributed by atoms with Crippen LogP contribution in [0.25, 0.3) is 11.0 Å². The lowest BCUT2D eigenvalue weighted by Gasteiger charge is -2.36. The fourth-order valence-corrected chi connectivity index (χ4v) is 4.25. The van der Waals surface area contributed by atoms with E-state index in [1.54, 1.807) is 11.9 Å². The molecule has 3 amide bonds. The van der Waals surface area contributed by atoms with Crippen LogP contribution >= 0.6 is 0 Å². The first-order valence-electron chi connectivity index (χ1n) is 10.8. The van der Waals surface area contributed by atoms with Crippen molar-refractivity contribution in [1.82, 2.24) is 19.4 Å². The topological polar surface area (TPSA) is 106 Å². The van der Waals surface area contributed by atoms with E-state index in [2.05, 4.69) is 10.2 Å². The fraction of sp³-hybridized carbons (Fsp3) is 0.545. The molecule has 1 atom stereocenters. The van der Waals surface area contributed by atoms with E-state index in [1.807, 2.05) is 39.0 Å². The first kappa shape index (κ1) is 21.9. The number of hydrogen-bond acceptors (Lipinski definition) is 6. The molecule has 0 aliphatic carbocycles. The van der Waals surface area contributed by atoms with E-state index in [0.717, 1.165) is 5.69 Å². The third-order valence-corrected chi connectivity index (χ3v) is 5.89. The summed E-state index contributed by atoms with van der Waals surface area (Å²) >= 11 is 0. The molecule has 0 radical (unpaired) electrons. The highest BCUT2D eigenvalue weighted by Crippen LogP contribution is 2.27. The van der Waals surface area contributed by atoms with Gasteiger partial charge in [0.05, 0.1) is 11.0 Å². The van der Waals surface area contributed by atoms with E-state index in [9.17, 15) is 19.2 Å². The Bertz CT molecular complexity index is 1130. The van der Waals surface area contributed by atoms with Crippen LogP contribution in [0.15, 0.2) is 23.0 Å². The van der Waals surface area contributed by atoms with Crippen LogP contribution in [0.2, 0.25) is 0 Å². The van der Waals surface area contributed by atoms with Crippen LogP contribution in [0.1, 0.15) is 39.7 Å². The third-order valence-electron chi connectivity index (χ3n) is 5.89. The molecule has 0 saturated carbocycles. The molecule has 2 aromatic rings. The molecule has 1 aromatic carbocycles. The molecule has 0 bridgehead atoms. The van der Waals surface area contributed by atoms with Gasteiger partial charge in [0.1, 0.15) is 11.6 Å². The van der Waals surface area contributed by atoms with Gasteiger partial charge in [-0.3, -0.25) is 24.0 Å². The number of anilines is 1. The molecule has 0 spiro atoms. The second-order valence-corrected chi connectivity index (χ2v) is 9.31. The number of nitrogens with zero attached hydrogens (tertiary/aromatic N) is 4. The van der Waals surface area contributed by atoms with Crippen molar-refractivity contribution in [2.24, 2.45) is 7.05 Å². The lowest BCUT2D eigenvalue weighted by Crippen LogP contribution is -2.50. The number of nitrogens with one attached hydrogen (secondary N) is 1. The first-order valence-corrected chi connectivity index (χ1v) is 10.8. The number of carbonyl (C=O) groups excluding carboxylic acids is 3. The normalized spacial score (nSPS) is 19.9. The number of amides is 3. The third kappa shape index (κ3) is 4.09. The Hall–Kier alpha value is -3.30. The largest absolute Gasteiger partial charge is 0.444 e. The van der Waals surface area contributed by atoms with Gasteiger partial charge in [-0.25, -0.2) is 9.59 Å². The van der Waals surface area contributed by atoms with Gasteiger partial charge in [-0.2, -0.15) is 0 Å². The number of hydrogen-bond donors (Lipinski definition) is 1. The zero-order valence-electron chi connectivity index (χ0n) is 18.9. The number of imide groups is 1. The minimum absolute atomic E-state index is 0.208. The Morgan fingerprint density at radius 1 is 1.06 bits per heavy atom. The van der Waals surface area contributed by atoms with E-state index >= 15 is 0 Å². The molecule has 2 aliphatic heterocycles. The number of piperazine rings is 1. The van der Waals surface area contributed by atoms with Gasteiger partial charge in [0.15, 0.2) is 0 Å². The van der Waals surface area contributed by atoms with Gasteiger partial charge in [0.25, 0.3) is 0 Å². The molecule has 2 saturated heterocycles. The summed E-state index contributed by atoms with van der Waals surface area (Å²) in [6, 6.07) is 5.00. The Kier molecular flexibility index (Phi) is 5.47. The highest BCUT2D eigenvalue weighted by Gasteiger charge is 2.32. The number of benzene rings is 1. The Balaban J connectivity index is 1.55. The molecule has 1 aromatic heterocycles. The van der Waals surface area contributed by atoms with E-state index in [0.29, 0.717) is 43.6 Å². The van der Waals surface area contributed by atoms with Gasteiger partial charge in [-0.15, -0.1) is 0 Å². The Morgan fingerprint density at radius 2 is 1.75 bits per heavy atom. The lowest BCUT2D eigenvalue weighted by atomic mass is 10.1. The fourth-order valence-electron chi connectivity index (χ4n) is 4.25. The number of imidazole rings is 1. The summed E-state index contributed by atoms with van der Waals surface area (Å²) in [5.41, 5.74) is 1.49. The molecule has 10 nitrogen and oxygen atoms in total. The molecule has 0 unspecified atom stereocenters. The average Bonchev–Trinajstić information content (AvgIpc) is 2.97. The summed E-state index contributed by atoms with van der Waals surface area (Å²) in [5.74, 6) is -0.759. The van der Waals surface area contributed by atoms with E-state index in [1.165, 1.54) is 9.13 Å². The molecule has 10 heteroatoms. The van der Waals surface area contributed by atoms with Crippen molar-refractivity contribution in [3.8, 4) is 0 Å². The van der Waals surface area contributed by atoms with Gasteiger partial charge >= 0.3 is 11.8 Å². The van der Waals surface area contributed by atoms with Crippen molar-refractivity contribution in [1.29, 1.82) is 0 Å². The molecule has 172 valence electrons. The number of rotatable bonds is 2. The number of aryl methyl sites for hydroxylation is 1. The second kappa shape index (κ2) is 7.99. The molecule has 2 aliphatic rings. The Morgan fingerprint density at radius 3 is 2.38 bits per heavy atom. The predicted octanol–water partition coefficient (Wildman–Crippen LogP) is 1.37. The monoisotopic (exact) mass is 443 g/mol. The smallest absolute Gasteiger partial charge is 0.410 e. The summed E-state index contributed by atoms with van der Waals surface area (Å²) in [6.45, 7) is 7.93. The quantitative estimate of drug-likeness (QED) is 0.703. The van der Waals surface area contributed by atoms with Crippen molar-refractivity contribution in [3.63, 3.8) is 0 Å². The van der Waals surface area contributed by atoms with Crippen LogP contribution in [-0.4, -0.2) is 63.7 Å². The standard InChI is InChI=1S/C22H29N5O5/c1-22(2,3)32-21(31)26-11-9-25(10-12-26)14-5-6-15-17(13-14)24(4)20(30)27(15)16-7-8-18(28)23-19(16)29/h5-6,13,16H,7-12H2,1-4H3,(H,23,28,29)/t16-/m0/s1. The summed E-state index contributed by atoms with van der Waals surface area (Å²) in [4.78, 5) is 52.9. The molecule has 3 heterocycles. The Labute approximate surface area is 185 Å². The van der Waals surface area contributed by atoms with Crippen LogP contribution in [0.5, 0.6) is 0 Å². The zero-order valence-corrected chi connectivity index (χ0v) is 18.9. The van der Waals surface area contributed by atoms with E-state index in [-0.39, 0.29) is 24.1 Å². The van der Waals surface area contributed by atoms with Crippen molar-refractivity contribution < 1.29 is 19.1 Å². The lowest BCUT2D eigenvalue weighted by molar-refractivity contribution is -0.135. The number of carbonyl (C=O) groups is 3. The second-order valence-electron chi connectivity index (χ2n) is 9.31. The summed E-state index contributed by atoms with van der Waals surface area (Å²) < 4.78 is 8.46. The van der Waals surface area contributed by atoms with Gasteiger partial charge in [0.2, 0.25) is 11.8 Å². The molecule has 32 heavy (non-hydrogen) atoms. The maximum atomic E-state index is 12.9. The number of aromatic nitrogens is 2. The van der Waals surface area contributed by atoms with Crippen molar-refractivity contribution >= 4 is 34.6 Å². The minimum atomic E-state index is -0.702. The highest BCUT2D eigenvalue weighted by molar-refractivity contribution is 6.00. The maximum Gasteiger partial charge on any atom is 0.410 e.